The van der Waals surface area contributed by atoms with Gasteiger partial charge in [-0.1, -0.05) is 0 Å². The van der Waals surface area contributed by atoms with Crippen molar-refractivity contribution in [3.8, 4) is 11.3 Å². The van der Waals surface area contributed by atoms with Gasteiger partial charge in [0, 0.05) is 48.1 Å². The van der Waals surface area contributed by atoms with Gasteiger partial charge in [0.25, 0.3) is 5.91 Å². The Kier molecular flexibility index (Phi) is 4.50. The Morgan fingerprint density at radius 1 is 1.06 bits per heavy atom. The Morgan fingerprint density at radius 3 is 2.70 bits per heavy atom. The quantitative estimate of drug-likeness (QED) is 0.452. The maximum absolute atomic E-state index is 14.0. The molecule has 0 spiro atoms. The number of rotatable bonds is 2. The molecule has 6 nitrogen and oxygen atoms in total. The molecule has 5 heterocycles. The predicted molar refractivity (Wildman–Crippen MR) is 118 cm³/mol. The molecule has 0 saturated carbocycles. The van der Waals surface area contributed by atoms with Crippen molar-refractivity contribution in [1.29, 1.82) is 0 Å². The molecular formula is C25H21F2N5O. The number of aryl methyl sites for hydroxylation is 1. The Morgan fingerprint density at radius 2 is 1.88 bits per heavy atom. The molecular weight excluding hydrogens is 424 g/mol. The number of nitrogens with zero attached hydrogens (tertiary/aromatic N) is 5. The van der Waals surface area contributed by atoms with Gasteiger partial charge < -0.3 is 4.90 Å². The van der Waals surface area contributed by atoms with Crippen LogP contribution in [0.4, 0.5) is 8.78 Å². The highest BCUT2D eigenvalue weighted by molar-refractivity contribution is 6.04. The summed E-state index contributed by atoms with van der Waals surface area (Å²) in [5.74, 6) is -1.37. The van der Waals surface area contributed by atoms with E-state index < -0.39 is 11.6 Å². The standard InChI is InChI=1S/C25H21F2N5O/c1-31-24(14-10-15(26)12-16(27)11-14)19-13-17-4-2-6-21(22(19)30-31)32(17)25(33)23-18-5-3-8-28-20(18)7-9-29-23/h3,5,7-12,17,21H,2,4,6,13H2,1H3/t17-,21+/m0/s1. The highest BCUT2D eigenvalue weighted by Gasteiger charge is 2.44. The van der Waals surface area contributed by atoms with Crippen LogP contribution in [0.3, 0.4) is 0 Å². The van der Waals surface area contributed by atoms with E-state index in [1.807, 2.05) is 11.0 Å². The third-order valence-corrected chi connectivity index (χ3v) is 6.78. The van der Waals surface area contributed by atoms with Crippen molar-refractivity contribution in [2.75, 3.05) is 0 Å². The molecule has 3 aromatic heterocycles. The molecule has 0 radical (unpaired) electrons. The number of carbonyl (C=O) groups excluding carboxylic acids is 1. The van der Waals surface area contributed by atoms with E-state index in [0.29, 0.717) is 23.4 Å². The SMILES string of the molecule is Cn1nc2c(c1-c1cc(F)cc(F)c1)C[C@@H]1CCC[C@H]2N1C(=O)c1nccc2ncccc12. The molecule has 6 rings (SSSR count). The van der Waals surface area contributed by atoms with Crippen LogP contribution < -0.4 is 0 Å². The van der Waals surface area contributed by atoms with Crippen molar-refractivity contribution in [2.24, 2.45) is 7.05 Å². The molecule has 2 aliphatic rings. The third-order valence-electron chi connectivity index (χ3n) is 6.78. The van der Waals surface area contributed by atoms with Gasteiger partial charge in [-0.3, -0.25) is 19.4 Å². The largest absolute Gasteiger partial charge is 0.325 e. The van der Waals surface area contributed by atoms with Gasteiger partial charge in [0.1, 0.15) is 17.3 Å². The summed E-state index contributed by atoms with van der Waals surface area (Å²) in [5, 5.41) is 5.47. The van der Waals surface area contributed by atoms with Crippen molar-refractivity contribution in [2.45, 2.75) is 37.8 Å². The Labute approximate surface area is 188 Å². The lowest BCUT2D eigenvalue weighted by Crippen LogP contribution is -2.50. The van der Waals surface area contributed by atoms with E-state index >= 15 is 0 Å². The summed E-state index contributed by atoms with van der Waals surface area (Å²) in [6, 6.07) is 8.77. The van der Waals surface area contributed by atoms with Gasteiger partial charge in [-0.25, -0.2) is 8.78 Å². The molecule has 1 saturated heterocycles. The maximum atomic E-state index is 14.0. The van der Waals surface area contributed by atoms with Crippen LogP contribution in [0, 0.1) is 11.6 Å². The average molecular weight is 445 g/mol. The van der Waals surface area contributed by atoms with Crippen LogP contribution in [0.15, 0.2) is 48.8 Å². The van der Waals surface area contributed by atoms with E-state index in [4.69, 9.17) is 5.10 Å². The Balaban J connectivity index is 1.46. The van der Waals surface area contributed by atoms with Crippen LogP contribution in [0.5, 0.6) is 0 Å². The molecule has 0 aliphatic carbocycles. The molecule has 4 aromatic rings. The number of pyridine rings is 2. The summed E-state index contributed by atoms with van der Waals surface area (Å²) in [6.07, 6.45) is 6.53. The predicted octanol–water partition coefficient (Wildman–Crippen LogP) is 4.60. The second-order valence-electron chi connectivity index (χ2n) is 8.74. The van der Waals surface area contributed by atoms with Crippen molar-refractivity contribution in [1.82, 2.24) is 24.6 Å². The summed E-state index contributed by atoms with van der Waals surface area (Å²) in [4.78, 5) is 24.5. The topological polar surface area (TPSA) is 63.9 Å². The first-order chi connectivity index (χ1) is 16.0. The Hall–Kier alpha value is -3.68. The molecule has 33 heavy (non-hydrogen) atoms. The highest BCUT2D eigenvalue weighted by atomic mass is 19.1. The molecule has 1 aromatic carbocycles. The fourth-order valence-corrected chi connectivity index (χ4v) is 5.50. The van der Waals surface area contributed by atoms with Crippen LogP contribution in [0.25, 0.3) is 22.2 Å². The molecule has 0 N–H and O–H groups in total. The van der Waals surface area contributed by atoms with Gasteiger partial charge in [0.05, 0.1) is 22.9 Å². The molecule has 2 atom stereocenters. The van der Waals surface area contributed by atoms with Gasteiger partial charge in [-0.2, -0.15) is 5.10 Å². The zero-order chi connectivity index (χ0) is 22.7. The third kappa shape index (κ3) is 3.12. The van der Waals surface area contributed by atoms with Crippen molar-refractivity contribution in [3.05, 3.63) is 77.4 Å². The minimum absolute atomic E-state index is 0.0289. The first-order valence-corrected chi connectivity index (χ1v) is 11.1. The highest BCUT2D eigenvalue weighted by Crippen LogP contribution is 2.45. The summed E-state index contributed by atoms with van der Waals surface area (Å²) in [7, 11) is 1.78. The first kappa shape index (κ1) is 20.0. The summed E-state index contributed by atoms with van der Waals surface area (Å²) < 4.78 is 29.6. The summed E-state index contributed by atoms with van der Waals surface area (Å²) in [6.45, 7) is 0. The normalized spacial score (nSPS) is 19.5. The van der Waals surface area contributed by atoms with Gasteiger partial charge in [-0.05, 0) is 56.0 Å². The van der Waals surface area contributed by atoms with Gasteiger partial charge >= 0.3 is 0 Å². The maximum Gasteiger partial charge on any atom is 0.273 e. The number of aromatic nitrogens is 4. The molecule has 2 aliphatic heterocycles. The zero-order valence-electron chi connectivity index (χ0n) is 18.0. The van der Waals surface area contributed by atoms with E-state index in [9.17, 15) is 13.6 Å². The molecule has 0 unspecified atom stereocenters. The minimum Gasteiger partial charge on any atom is -0.325 e. The molecule has 2 bridgehead atoms. The lowest BCUT2D eigenvalue weighted by molar-refractivity contribution is 0.0388. The monoisotopic (exact) mass is 445 g/mol. The Bertz CT molecular complexity index is 1390. The molecule has 1 amide bonds. The van der Waals surface area contributed by atoms with E-state index in [2.05, 4.69) is 9.97 Å². The number of carbonyl (C=O) groups is 1. The number of halogens is 2. The van der Waals surface area contributed by atoms with Gasteiger partial charge in [0.15, 0.2) is 0 Å². The van der Waals surface area contributed by atoms with Crippen molar-refractivity contribution < 1.29 is 13.6 Å². The number of fused-ring (bicyclic) bond motifs is 5. The summed E-state index contributed by atoms with van der Waals surface area (Å²) in [5.41, 5.74) is 4.06. The van der Waals surface area contributed by atoms with E-state index in [-0.39, 0.29) is 18.0 Å². The van der Waals surface area contributed by atoms with Crippen LogP contribution in [0.2, 0.25) is 0 Å². The lowest BCUT2D eigenvalue weighted by atomic mass is 9.81. The molecule has 166 valence electrons. The second-order valence-corrected chi connectivity index (χ2v) is 8.74. The van der Waals surface area contributed by atoms with Crippen molar-refractivity contribution >= 4 is 16.8 Å². The van der Waals surface area contributed by atoms with E-state index in [1.165, 1.54) is 12.1 Å². The molecule has 8 heteroatoms. The number of piperidine rings is 1. The average Bonchev–Trinajstić information content (AvgIpc) is 3.13. The lowest BCUT2D eigenvalue weighted by Gasteiger charge is -2.45. The van der Waals surface area contributed by atoms with Crippen LogP contribution >= 0.6 is 0 Å². The van der Waals surface area contributed by atoms with Crippen molar-refractivity contribution in [3.63, 3.8) is 0 Å². The molecule has 1 fully saturated rings. The van der Waals surface area contributed by atoms with E-state index in [1.54, 1.807) is 36.3 Å². The van der Waals surface area contributed by atoms with Crippen LogP contribution in [-0.4, -0.2) is 36.6 Å². The van der Waals surface area contributed by atoms with Gasteiger partial charge in [0.2, 0.25) is 0 Å². The minimum atomic E-state index is -0.622. The van der Waals surface area contributed by atoms with Crippen LogP contribution in [0.1, 0.15) is 47.1 Å². The second kappa shape index (κ2) is 7.43. The smallest absolute Gasteiger partial charge is 0.273 e. The number of hydrogen-bond donors (Lipinski definition) is 0. The number of hydrogen-bond acceptors (Lipinski definition) is 4. The van der Waals surface area contributed by atoms with E-state index in [0.717, 1.165) is 47.5 Å². The fourth-order valence-electron chi connectivity index (χ4n) is 5.50. The number of benzene rings is 1. The first-order valence-electron chi connectivity index (χ1n) is 11.1. The van der Waals surface area contributed by atoms with Crippen LogP contribution in [-0.2, 0) is 13.5 Å². The van der Waals surface area contributed by atoms with Gasteiger partial charge in [-0.15, -0.1) is 0 Å². The summed E-state index contributed by atoms with van der Waals surface area (Å²) >= 11 is 0. The zero-order valence-corrected chi connectivity index (χ0v) is 18.0. The fraction of sp³-hybridized carbons (Fsp3) is 0.280. The number of amides is 1.